The summed E-state index contributed by atoms with van der Waals surface area (Å²) >= 11 is 1.61. The van der Waals surface area contributed by atoms with E-state index < -0.39 is 0 Å². The van der Waals surface area contributed by atoms with Crippen LogP contribution in [0.15, 0.2) is 0 Å². The molecular formula is C12H23N3OS. The van der Waals surface area contributed by atoms with Gasteiger partial charge in [-0.05, 0) is 27.4 Å². The van der Waals surface area contributed by atoms with Gasteiger partial charge in [-0.2, -0.15) is 0 Å². The fourth-order valence-corrected chi connectivity index (χ4v) is 2.56. The van der Waals surface area contributed by atoms with Crippen LogP contribution in [0.1, 0.15) is 23.9 Å². The second-order valence-corrected chi connectivity index (χ2v) is 5.52. The Labute approximate surface area is 108 Å². The molecular weight excluding hydrogens is 234 g/mol. The zero-order valence-electron chi connectivity index (χ0n) is 11.2. The number of nitrogens with zero attached hydrogens (tertiary/aromatic N) is 3. The minimum Gasteiger partial charge on any atom is -0.391 e. The Morgan fingerprint density at radius 3 is 2.41 bits per heavy atom. The van der Waals surface area contributed by atoms with E-state index in [1.165, 1.54) is 0 Å². The molecule has 1 aromatic rings. The van der Waals surface area contributed by atoms with Crippen molar-refractivity contribution in [3.05, 3.63) is 10.6 Å². The first-order valence-corrected chi connectivity index (χ1v) is 6.87. The SMILES string of the molecule is CCCN(CCN(C)C)c1nc(C)c(CO)s1. The third-order valence-corrected chi connectivity index (χ3v) is 3.81. The van der Waals surface area contributed by atoms with Gasteiger partial charge in [0, 0.05) is 19.6 Å². The number of aryl methyl sites for hydroxylation is 1. The smallest absolute Gasteiger partial charge is 0.185 e. The lowest BCUT2D eigenvalue weighted by Crippen LogP contribution is -2.32. The van der Waals surface area contributed by atoms with E-state index in [2.05, 4.69) is 35.8 Å². The highest BCUT2D eigenvalue weighted by molar-refractivity contribution is 7.15. The van der Waals surface area contributed by atoms with Crippen LogP contribution >= 0.6 is 11.3 Å². The molecule has 1 N–H and O–H groups in total. The standard InChI is InChI=1S/C12H23N3OS/c1-5-6-15(8-7-14(3)4)12-13-10(2)11(9-16)17-12/h16H,5-9H2,1-4H3. The highest BCUT2D eigenvalue weighted by Crippen LogP contribution is 2.26. The third kappa shape index (κ3) is 4.26. The Morgan fingerprint density at radius 2 is 1.94 bits per heavy atom. The predicted octanol–water partition coefficient (Wildman–Crippen LogP) is 1.72. The maximum atomic E-state index is 9.21. The van der Waals surface area contributed by atoms with Crippen molar-refractivity contribution in [1.29, 1.82) is 0 Å². The molecule has 1 aromatic heterocycles. The molecule has 0 fully saturated rings. The van der Waals surface area contributed by atoms with Gasteiger partial charge in [0.05, 0.1) is 17.2 Å². The van der Waals surface area contributed by atoms with Crippen LogP contribution in [0.5, 0.6) is 0 Å². The highest BCUT2D eigenvalue weighted by atomic mass is 32.1. The quantitative estimate of drug-likeness (QED) is 0.807. The molecule has 5 heteroatoms. The zero-order valence-corrected chi connectivity index (χ0v) is 12.0. The van der Waals surface area contributed by atoms with Gasteiger partial charge >= 0.3 is 0 Å². The summed E-state index contributed by atoms with van der Waals surface area (Å²) in [5.74, 6) is 0. The van der Waals surface area contributed by atoms with E-state index in [9.17, 15) is 5.11 Å². The van der Waals surface area contributed by atoms with Gasteiger partial charge in [0.15, 0.2) is 5.13 Å². The van der Waals surface area contributed by atoms with E-state index in [0.717, 1.165) is 41.8 Å². The molecule has 0 aliphatic heterocycles. The van der Waals surface area contributed by atoms with Crippen LogP contribution < -0.4 is 4.90 Å². The summed E-state index contributed by atoms with van der Waals surface area (Å²) in [6.07, 6.45) is 1.11. The van der Waals surface area contributed by atoms with Crippen molar-refractivity contribution in [2.24, 2.45) is 0 Å². The number of aliphatic hydroxyl groups excluding tert-OH is 1. The summed E-state index contributed by atoms with van der Waals surface area (Å²) in [5.41, 5.74) is 0.957. The van der Waals surface area contributed by atoms with Gasteiger partial charge in [-0.1, -0.05) is 18.3 Å². The zero-order chi connectivity index (χ0) is 12.8. The van der Waals surface area contributed by atoms with E-state index in [-0.39, 0.29) is 6.61 Å². The summed E-state index contributed by atoms with van der Waals surface area (Å²) < 4.78 is 0. The number of thiazole rings is 1. The molecule has 0 aromatic carbocycles. The Bertz CT molecular complexity index is 338. The van der Waals surface area contributed by atoms with E-state index >= 15 is 0 Å². The van der Waals surface area contributed by atoms with Gasteiger partial charge in [-0.25, -0.2) is 4.98 Å². The van der Waals surface area contributed by atoms with Crippen molar-refractivity contribution in [1.82, 2.24) is 9.88 Å². The van der Waals surface area contributed by atoms with Gasteiger partial charge in [0.1, 0.15) is 0 Å². The van der Waals surface area contributed by atoms with Crippen molar-refractivity contribution >= 4 is 16.5 Å². The van der Waals surface area contributed by atoms with Crippen LogP contribution in [0, 0.1) is 6.92 Å². The van der Waals surface area contributed by atoms with E-state index in [1.807, 2.05) is 6.92 Å². The molecule has 1 rings (SSSR count). The first-order chi connectivity index (χ1) is 8.08. The van der Waals surface area contributed by atoms with Gasteiger partial charge in [0.2, 0.25) is 0 Å². The Morgan fingerprint density at radius 1 is 1.24 bits per heavy atom. The normalized spacial score (nSPS) is 11.2. The first kappa shape index (κ1) is 14.4. The molecule has 0 radical (unpaired) electrons. The van der Waals surface area contributed by atoms with Crippen LogP contribution in [0.25, 0.3) is 0 Å². The van der Waals surface area contributed by atoms with Crippen LogP contribution in [-0.4, -0.2) is 48.7 Å². The van der Waals surface area contributed by atoms with Crippen molar-refractivity contribution < 1.29 is 5.11 Å². The summed E-state index contributed by atoms with van der Waals surface area (Å²) in [6.45, 7) is 7.26. The van der Waals surface area contributed by atoms with E-state index in [0.29, 0.717) is 0 Å². The van der Waals surface area contributed by atoms with Gasteiger partial charge < -0.3 is 14.9 Å². The second kappa shape index (κ2) is 6.93. The number of hydrogen-bond acceptors (Lipinski definition) is 5. The summed E-state index contributed by atoms with van der Waals surface area (Å²) in [6, 6.07) is 0. The number of hydrogen-bond donors (Lipinski definition) is 1. The summed E-state index contributed by atoms with van der Waals surface area (Å²) in [5, 5.41) is 10.2. The average molecular weight is 257 g/mol. The largest absolute Gasteiger partial charge is 0.391 e. The molecule has 0 bridgehead atoms. The number of rotatable bonds is 7. The molecule has 0 aliphatic carbocycles. The van der Waals surface area contributed by atoms with Crippen LogP contribution in [0.3, 0.4) is 0 Å². The van der Waals surface area contributed by atoms with Crippen LogP contribution in [-0.2, 0) is 6.61 Å². The van der Waals surface area contributed by atoms with E-state index in [4.69, 9.17) is 0 Å². The van der Waals surface area contributed by atoms with Crippen molar-refractivity contribution in [3.8, 4) is 0 Å². The number of anilines is 1. The van der Waals surface area contributed by atoms with Crippen molar-refractivity contribution in [2.45, 2.75) is 26.9 Å². The summed E-state index contributed by atoms with van der Waals surface area (Å²) in [7, 11) is 4.16. The number of aromatic nitrogens is 1. The van der Waals surface area contributed by atoms with Gasteiger partial charge in [-0.3, -0.25) is 0 Å². The maximum absolute atomic E-state index is 9.21. The Hall–Kier alpha value is -0.650. The maximum Gasteiger partial charge on any atom is 0.185 e. The Balaban J connectivity index is 2.73. The molecule has 0 aliphatic rings. The minimum atomic E-state index is 0.0944. The molecule has 0 saturated carbocycles. The van der Waals surface area contributed by atoms with Crippen LogP contribution in [0.4, 0.5) is 5.13 Å². The topological polar surface area (TPSA) is 39.6 Å². The molecule has 17 heavy (non-hydrogen) atoms. The lowest BCUT2D eigenvalue weighted by molar-refractivity contribution is 0.284. The fraction of sp³-hybridized carbons (Fsp3) is 0.750. The number of aliphatic hydroxyl groups is 1. The minimum absolute atomic E-state index is 0.0944. The van der Waals surface area contributed by atoms with Gasteiger partial charge in [0.25, 0.3) is 0 Å². The predicted molar refractivity (Wildman–Crippen MR) is 73.8 cm³/mol. The lowest BCUT2D eigenvalue weighted by Gasteiger charge is -2.23. The Kier molecular flexibility index (Phi) is 5.88. The van der Waals surface area contributed by atoms with E-state index in [1.54, 1.807) is 11.3 Å². The second-order valence-electron chi connectivity index (χ2n) is 4.45. The average Bonchev–Trinajstić information content (AvgIpc) is 2.65. The molecule has 0 saturated heterocycles. The number of likely N-dealkylation sites (N-methyl/N-ethyl adjacent to an activating group) is 1. The van der Waals surface area contributed by atoms with Crippen molar-refractivity contribution in [2.75, 3.05) is 38.6 Å². The van der Waals surface area contributed by atoms with Gasteiger partial charge in [-0.15, -0.1) is 0 Å². The molecule has 0 amide bonds. The lowest BCUT2D eigenvalue weighted by atomic mass is 10.4. The highest BCUT2D eigenvalue weighted by Gasteiger charge is 2.13. The summed E-state index contributed by atoms with van der Waals surface area (Å²) in [4.78, 5) is 10.0. The van der Waals surface area contributed by atoms with Crippen molar-refractivity contribution in [3.63, 3.8) is 0 Å². The molecule has 0 unspecified atom stereocenters. The van der Waals surface area contributed by atoms with Crippen LogP contribution in [0.2, 0.25) is 0 Å². The third-order valence-electron chi connectivity index (χ3n) is 2.61. The molecule has 98 valence electrons. The molecule has 0 spiro atoms. The monoisotopic (exact) mass is 257 g/mol. The molecule has 1 heterocycles. The first-order valence-electron chi connectivity index (χ1n) is 6.05. The molecule has 4 nitrogen and oxygen atoms in total. The molecule has 0 atom stereocenters. The fourth-order valence-electron chi connectivity index (χ4n) is 1.59.